The Morgan fingerprint density at radius 3 is 2.30 bits per heavy atom. The Hall–Kier alpha value is -1.95. The smallest absolute Gasteiger partial charge is 0.127 e. The Labute approximate surface area is 161 Å². The van der Waals surface area contributed by atoms with Crippen molar-refractivity contribution in [2.45, 2.75) is 25.3 Å². The Bertz CT molecular complexity index is 701. The van der Waals surface area contributed by atoms with Crippen molar-refractivity contribution < 1.29 is 19.3 Å². The van der Waals surface area contributed by atoms with Gasteiger partial charge in [-0.05, 0) is 42.8 Å². The summed E-state index contributed by atoms with van der Waals surface area (Å²) in [7, 11) is 3.60. The van der Waals surface area contributed by atoms with Crippen molar-refractivity contribution >= 4 is 0 Å². The molecule has 0 aliphatic carbocycles. The quantitative estimate of drug-likeness (QED) is 0.670. The van der Waals surface area contributed by atoms with Gasteiger partial charge in [0.15, 0.2) is 0 Å². The SMILES string of the molecule is CCC(CO)(c1ccccc1F)C(CO)CN(C)Cc1ccc(OC)cc1. The Morgan fingerprint density at radius 2 is 1.78 bits per heavy atom. The summed E-state index contributed by atoms with van der Waals surface area (Å²) < 4.78 is 19.7. The van der Waals surface area contributed by atoms with E-state index in [-0.39, 0.29) is 24.9 Å². The fourth-order valence-corrected chi connectivity index (χ4v) is 3.78. The van der Waals surface area contributed by atoms with E-state index in [1.54, 1.807) is 25.3 Å². The molecule has 0 heterocycles. The Morgan fingerprint density at radius 1 is 1.11 bits per heavy atom. The molecule has 2 rings (SSSR count). The minimum Gasteiger partial charge on any atom is -0.497 e. The topological polar surface area (TPSA) is 52.9 Å². The molecule has 0 aliphatic heterocycles. The zero-order chi connectivity index (χ0) is 19.9. The van der Waals surface area contributed by atoms with Crippen LogP contribution in [0.1, 0.15) is 24.5 Å². The lowest BCUT2D eigenvalue weighted by molar-refractivity contribution is 0.0591. The van der Waals surface area contributed by atoms with Crippen molar-refractivity contribution in [3.8, 4) is 5.75 Å². The number of aliphatic hydroxyl groups is 2. The minimum absolute atomic E-state index is 0.129. The van der Waals surface area contributed by atoms with Crippen LogP contribution >= 0.6 is 0 Å². The second-order valence-corrected chi connectivity index (χ2v) is 7.07. The number of rotatable bonds is 10. The van der Waals surface area contributed by atoms with E-state index in [0.717, 1.165) is 11.3 Å². The summed E-state index contributed by atoms with van der Waals surface area (Å²) in [6.07, 6.45) is 0.534. The first kappa shape index (κ1) is 21.4. The zero-order valence-electron chi connectivity index (χ0n) is 16.4. The standard InChI is InChI=1S/C22H30FNO3/c1-4-22(16-26,20-7-5-6-8-21(20)23)18(15-25)14-24(2)13-17-9-11-19(27-3)12-10-17/h5-12,18,25-26H,4,13-16H2,1-3H3. The summed E-state index contributed by atoms with van der Waals surface area (Å²) in [5, 5.41) is 20.3. The first-order valence-corrected chi connectivity index (χ1v) is 9.29. The number of benzene rings is 2. The number of methoxy groups -OCH3 is 1. The van der Waals surface area contributed by atoms with Crippen LogP contribution in [0.15, 0.2) is 48.5 Å². The average molecular weight is 375 g/mol. The molecule has 2 atom stereocenters. The summed E-state index contributed by atoms with van der Waals surface area (Å²) in [6, 6.07) is 14.4. The van der Waals surface area contributed by atoms with Crippen LogP contribution in [0.25, 0.3) is 0 Å². The van der Waals surface area contributed by atoms with Gasteiger partial charge in [-0.25, -0.2) is 4.39 Å². The van der Waals surface area contributed by atoms with Crippen LogP contribution in [0.2, 0.25) is 0 Å². The van der Waals surface area contributed by atoms with Gasteiger partial charge in [-0.3, -0.25) is 0 Å². The molecule has 0 saturated heterocycles. The van der Waals surface area contributed by atoms with E-state index < -0.39 is 5.41 Å². The molecule has 27 heavy (non-hydrogen) atoms. The summed E-state index contributed by atoms with van der Waals surface area (Å²) in [6.45, 7) is 2.80. The molecule has 0 spiro atoms. The van der Waals surface area contributed by atoms with Gasteiger partial charge in [-0.1, -0.05) is 37.3 Å². The fourth-order valence-electron chi connectivity index (χ4n) is 3.78. The van der Waals surface area contributed by atoms with Gasteiger partial charge < -0.3 is 19.8 Å². The molecule has 0 bridgehead atoms. The van der Waals surface area contributed by atoms with Crippen molar-refractivity contribution in [3.05, 3.63) is 65.5 Å². The van der Waals surface area contributed by atoms with Crippen LogP contribution in [0.4, 0.5) is 4.39 Å². The summed E-state index contributed by atoms with van der Waals surface area (Å²) in [5.41, 5.74) is 0.757. The second kappa shape index (κ2) is 9.83. The molecule has 4 nitrogen and oxygen atoms in total. The zero-order valence-corrected chi connectivity index (χ0v) is 16.4. The van der Waals surface area contributed by atoms with Gasteiger partial charge in [0.1, 0.15) is 11.6 Å². The number of aliphatic hydroxyl groups excluding tert-OH is 2. The number of nitrogens with zero attached hydrogens (tertiary/aromatic N) is 1. The van der Waals surface area contributed by atoms with Crippen LogP contribution in [0.5, 0.6) is 5.75 Å². The van der Waals surface area contributed by atoms with Crippen molar-refractivity contribution in [3.63, 3.8) is 0 Å². The molecule has 0 aliphatic rings. The predicted octanol–water partition coefficient (Wildman–Crippen LogP) is 3.21. The fraction of sp³-hybridized carbons (Fsp3) is 0.455. The average Bonchev–Trinajstić information content (AvgIpc) is 2.70. The molecule has 0 aromatic heterocycles. The van der Waals surface area contributed by atoms with Gasteiger partial charge in [0.2, 0.25) is 0 Å². The maximum absolute atomic E-state index is 14.5. The summed E-state index contributed by atoms with van der Waals surface area (Å²) >= 11 is 0. The monoisotopic (exact) mass is 375 g/mol. The van der Waals surface area contributed by atoms with Crippen LogP contribution in [-0.2, 0) is 12.0 Å². The first-order valence-electron chi connectivity index (χ1n) is 9.29. The molecule has 2 aromatic rings. The Balaban J connectivity index is 2.20. The van der Waals surface area contributed by atoms with E-state index in [2.05, 4.69) is 4.90 Å². The number of hydrogen-bond donors (Lipinski definition) is 2. The van der Waals surface area contributed by atoms with Gasteiger partial charge in [0.25, 0.3) is 0 Å². The number of hydrogen-bond acceptors (Lipinski definition) is 4. The molecular formula is C22H30FNO3. The highest BCUT2D eigenvalue weighted by Gasteiger charge is 2.40. The van der Waals surface area contributed by atoms with Gasteiger partial charge >= 0.3 is 0 Å². The number of ether oxygens (including phenoxy) is 1. The van der Waals surface area contributed by atoms with E-state index in [1.807, 2.05) is 38.2 Å². The van der Waals surface area contributed by atoms with E-state index in [0.29, 0.717) is 25.1 Å². The lowest BCUT2D eigenvalue weighted by atomic mass is 9.68. The van der Waals surface area contributed by atoms with Crippen molar-refractivity contribution in [1.82, 2.24) is 4.90 Å². The lowest BCUT2D eigenvalue weighted by Gasteiger charge is -2.40. The van der Waals surface area contributed by atoms with Gasteiger partial charge in [0, 0.05) is 31.0 Å². The maximum atomic E-state index is 14.5. The molecule has 0 saturated carbocycles. The minimum atomic E-state index is -0.825. The van der Waals surface area contributed by atoms with Gasteiger partial charge in [0.05, 0.1) is 13.7 Å². The molecule has 5 heteroatoms. The van der Waals surface area contributed by atoms with Gasteiger partial charge in [-0.2, -0.15) is 0 Å². The first-order chi connectivity index (χ1) is 13.0. The Kier molecular flexibility index (Phi) is 7.78. The normalized spacial score (nSPS) is 14.8. The number of halogens is 1. The molecule has 0 amide bonds. The van der Waals surface area contributed by atoms with Gasteiger partial charge in [-0.15, -0.1) is 0 Å². The molecule has 2 N–H and O–H groups in total. The molecule has 0 radical (unpaired) electrons. The van der Waals surface area contributed by atoms with Crippen LogP contribution in [0.3, 0.4) is 0 Å². The third-order valence-electron chi connectivity index (χ3n) is 5.47. The molecule has 2 unspecified atom stereocenters. The molecule has 148 valence electrons. The highest BCUT2D eigenvalue weighted by molar-refractivity contribution is 5.29. The van der Waals surface area contributed by atoms with E-state index >= 15 is 0 Å². The van der Waals surface area contributed by atoms with Crippen molar-refractivity contribution in [2.75, 3.05) is 33.9 Å². The largest absolute Gasteiger partial charge is 0.497 e. The van der Waals surface area contributed by atoms with Crippen molar-refractivity contribution in [2.24, 2.45) is 5.92 Å². The van der Waals surface area contributed by atoms with Crippen LogP contribution in [0, 0.1) is 11.7 Å². The predicted molar refractivity (Wildman–Crippen MR) is 105 cm³/mol. The summed E-state index contributed by atoms with van der Waals surface area (Å²) in [4.78, 5) is 2.09. The highest BCUT2D eigenvalue weighted by atomic mass is 19.1. The van der Waals surface area contributed by atoms with E-state index in [9.17, 15) is 14.6 Å². The summed E-state index contributed by atoms with van der Waals surface area (Å²) in [5.74, 6) is 0.164. The lowest BCUT2D eigenvalue weighted by Crippen LogP contribution is -2.46. The molecule has 2 aromatic carbocycles. The maximum Gasteiger partial charge on any atom is 0.127 e. The highest BCUT2D eigenvalue weighted by Crippen LogP contribution is 2.37. The van der Waals surface area contributed by atoms with E-state index in [4.69, 9.17) is 4.74 Å². The molecule has 0 fully saturated rings. The van der Waals surface area contributed by atoms with Crippen LogP contribution < -0.4 is 4.74 Å². The van der Waals surface area contributed by atoms with Crippen LogP contribution in [-0.4, -0.2) is 49.0 Å². The van der Waals surface area contributed by atoms with E-state index in [1.165, 1.54) is 6.07 Å². The third-order valence-corrected chi connectivity index (χ3v) is 5.47. The second-order valence-electron chi connectivity index (χ2n) is 7.07. The van der Waals surface area contributed by atoms with Crippen molar-refractivity contribution in [1.29, 1.82) is 0 Å². The third kappa shape index (κ3) is 4.86. The molecular weight excluding hydrogens is 345 g/mol.